The molecule has 102 valence electrons. The Kier molecular flexibility index (Phi) is 4.59. The van der Waals surface area contributed by atoms with Crippen LogP contribution in [0.5, 0.6) is 0 Å². The summed E-state index contributed by atoms with van der Waals surface area (Å²) in [5.41, 5.74) is 0.575. The van der Waals surface area contributed by atoms with E-state index in [-0.39, 0.29) is 5.82 Å². The Bertz CT molecular complexity index is 529. The van der Waals surface area contributed by atoms with Gasteiger partial charge in [-0.25, -0.2) is 4.39 Å². The molecule has 1 aromatic heterocycles. The average molecular weight is 264 g/mol. The molecule has 0 spiro atoms. The number of aryl methyl sites for hydroxylation is 1. The van der Waals surface area contributed by atoms with Gasteiger partial charge in [0.2, 0.25) is 0 Å². The maximum atomic E-state index is 13.0. The lowest BCUT2D eigenvalue weighted by atomic mass is 10.1. The summed E-state index contributed by atoms with van der Waals surface area (Å²) in [7, 11) is 1.89. The van der Waals surface area contributed by atoms with Gasteiger partial charge in [0.25, 0.3) is 0 Å². The van der Waals surface area contributed by atoms with Gasteiger partial charge < -0.3 is 15.0 Å². The Morgan fingerprint density at radius 1 is 1.47 bits per heavy atom. The molecule has 2 N–H and O–H groups in total. The van der Waals surface area contributed by atoms with Gasteiger partial charge in [0.15, 0.2) is 0 Å². The minimum absolute atomic E-state index is 0.337. The zero-order chi connectivity index (χ0) is 13.7. The number of benzene rings is 1. The average Bonchev–Trinajstić information content (AvgIpc) is 2.80. The van der Waals surface area contributed by atoms with Gasteiger partial charge in [0.05, 0.1) is 6.10 Å². The second kappa shape index (κ2) is 6.40. The molecule has 1 heterocycles. The highest BCUT2D eigenvalue weighted by molar-refractivity contribution is 5.18. The second-order valence-electron chi connectivity index (χ2n) is 4.38. The summed E-state index contributed by atoms with van der Waals surface area (Å²) in [6.45, 7) is 1.06. The zero-order valence-corrected chi connectivity index (χ0v) is 10.8. The number of halogens is 1. The van der Waals surface area contributed by atoms with Crippen LogP contribution in [0.15, 0.2) is 30.6 Å². The molecular formula is C13H17FN4O. The predicted octanol–water partition coefficient (Wildman–Crippen LogP) is 0.820. The number of hydrogen-bond donors (Lipinski definition) is 2. The first-order valence-electron chi connectivity index (χ1n) is 6.14. The van der Waals surface area contributed by atoms with Crippen molar-refractivity contribution in [2.24, 2.45) is 7.05 Å². The third-order valence-electron chi connectivity index (χ3n) is 2.90. The van der Waals surface area contributed by atoms with Gasteiger partial charge in [-0.1, -0.05) is 12.1 Å². The van der Waals surface area contributed by atoms with Crippen molar-refractivity contribution in [2.45, 2.75) is 12.5 Å². The van der Waals surface area contributed by atoms with E-state index in [1.165, 1.54) is 12.1 Å². The molecule has 5 nitrogen and oxygen atoms in total. The third kappa shape index (κ3) is 3.84. The standard InChI is InChI=1S/C13H17FN4O/c1-18-9-16-17-13(18)5-6-15-8-12(19)10-3-2-4-11(14)7-10/h2-4,7,9,12,15,19H,5-6,8H2,1H3. The van der Waals surface area contributed by atoms with Crippen molar-refractivity contribution in [3.8, 4) is 0 Å². The van der Waals surface area contributed by atoms with E-state index in [0.717, 1.165) is 12.2 Å². The molecule has 1 aromatic carbocycles. The van der Waals surface area contributed by atoms with Gasteiger partial charge >= 0.3 is 0 Å². The van der Waals surface area contributed by atoms with Crippen LogP contribution >= 0.6 is 0 Å². The largest absolute Gasteiger partial charge is 0.387 e. The number of nitrogens with zero attached hydrogens (tertiary/aromatic N) is 3. The van der Waals surface area contributed by atoms with Gasteiger partial charge in [-0.3, -0.25) is 0 Å². The van der Waals surface area contributed by atoms with E-state index in [1.54, 1.807) is 18.5 Å². The first-order chi connectivity index (χ1) is 9.16. The number of aromatic nitrogens is 3. The fraction of sp³-hybridized carbons (Fsp3) is 0.385. The van der Waals surface area contributed by atoms with Crippen LogP contribution in [-0.4, -0.2) is 33.0 Å². The predicted molar refractivity (Wildman–Crippen MR) is 68.9 cm³/mol. The number of hydrogen-bond acceptors (Lipinski definition) is 4. The van der Waals surface area contributed by atoms with Crippen LogP contribution in [-0.2, 0) is 13.5 Å². The first-order valence-corrected chi connectivity index (χ1v) is 6.14. The summed E-state index contributed by atoms with van der Waals surface area (Å²) in [4.78, 5) is 0. The highest BCUT2D eigenvalue weighted by Crippen LogP contribution is 2.12. The molecule has 0 radical (unpaired) electrons. The Balaban J connectivity index is 1.75. The normalized spacial score (nSPS) is 12.6. The minimum atomic E-state index is -0.713. The van der Waals surface area contributed by atoms with Crippen LogP contribution in [0.2, 0.25) is 0 Å². The van der Waals surface area contributed by atoms with E-state index in [4.69, 9.17) is 0 Å². The molecule has 0 aliphatic heterocycles. The Morgan fingerprint density at radius 3 is 3.00 bits per heavy atom. The van der Waals surface area contributed by atoms with Gasteiger partial charge in [0.1, 0.15) is 18.0 Å². The van der Waals surface area contributed by atoms with Gasteiger partial charge in [0, 0.05) is 26.6 Å². The van der Waals surface area contributed by atoms with Crippen LogP contribution in [0.1, 0.15) is 17.5 Å². The molecule has 1 unspecified atom stereocenters. The monoisotopic (exact) mass is 264 g/mol. The van der Waals surface area contributed by atoms with Gasteiger partial charge in [-0.15, -0.1) is 10.2 Å². The first kappa shape index (κ1) is 13.6. The van der Waals surface area contributed by atoms with E-state index in [0.29, 0.717) is 18.7 Å². The Hall–Kier alpha value is -1.79. The number of rotatable bonds is 6. The summed E-state index contributed by atoms with van der Waals surface area (Å²) in [5, 5.41) is 20.8. The van der Waals surface area contributed by atoms with E-state index in [9.17, 15) is 9.50 Å². The third-order valence-corrected chi connectivity index (χ3v) is 2.90. The zero-order valence-electron chi connectivity index (χ0n) is 10.8. The number of nitrogens with one attached hydrogen (secondary N) is 1. The maximum Gasteiger partial charge on any atom is 0.133 e. The summed E-state index contributed by atoms with van der Waals surface area (Å²) >= 11 is 0. The van der Waals surface area contributed by atoms with Crippen LogP contribution < -0.4 is 5.32 Å². The highest BCUT2D eigenvalue weighted by atomic mass is 19.1. The molecule has 0 aliphatic carbocycles. The molecule has 0 saturated heterocycles. The van der Waals surface area contributed by atoms with Gasteiger partial charge in [-0.2, -0.15) is 0 Å². The van der Waals surface area contributed by atoms with Crippen molar-refractivity contribution >= 4 is 0 Å². The summed E-state index contributed by atoms with van der Waals surface area (Å²) in [6, 6.07) is 6.00. The van der Waals surface area contributed by atoms with Crippen molar-refractivity contribution in [2.75, 3.05) is 13.1 Å². The molecule has 19 heavy (non-hydrogen) atoms. The molecule has 0 saturated carbocycles. The fourth-order valence-electron chi connectivity index (χ4n) is 1.80. The summed E-state index contributed by atoms with van der Waals surface area (Å²) < 4.78 is 14.8. The SMILES string of the molecule is Cn1cnnc1CCNCC(O)c1cccc(F)c1. The maximum absolute atomic E-state index is 13.0. The lowest BCUT2D eigenvalue weighted by Gasteiger charge is -2.12. The van der Waals surface area contributed by atoms with Crippen molar-refractivity contribution in [3.63, 3.8) is 0 Å². The van der Waals surface area contributed by atoms with Crippen molar-refractivity contribution in [1.82, 2.24) is 20.1 Å². The lowest BCUT2D eigenvalue weighted by molar-refractivity contribution is 0.174. The molecule has 2 rings (SSSR count). The lowest BCUT2D eigenvalue weighted by Crippen LogP contribution is -2.24. The number of aliphatic hydroxyl groups excluding tert-OH is 1. The van der Waals surface area contributed by atoms with E-state index >= 15 is 0 Å². The molecule has 0 aliphatic rings. The molecule has 0 amide bonds. The molecule has 2 aromatic rings. The number of aliphatic hydroxyl groups is 1. The minimum Gasteiger partial charge on any atom is -0.387 e. The van der Waals surface area contributed by atoms with E-state index < -0.39 is 6.10 Å². The van der Waals surface area contributed by atoms with E-state index in [2.05, 4.69) is 15.5 Å². The molecule has 1 atom stereocenters. The van der Waals surface area contributed by atoms with Crippen LogP contribution in [0.4, 0.5) is 4.39 Å². The van der Waals surface area contributed by atoms with Gasteiger partial charge in [-0.05, 0) is 17.7 Å². The molecule has 0 fully saturated rings. The second-order valence-corrected chi connectivity index (χ2v) is 4.38. The topological polar surface area (TPSA) is 63.0 Å². The highest BCUT2D eigenvalue weighted by Gasteiger charge is 2.08. The summed E-state index contributed by atoms with van der Waals surface area (Å²) in [5.74, 6) is 0.545. The fourth-order valence-corrected chi connectivity index (χ4v) is 1.80. The molecule has 0 bridgehead atoms. The van der Waals surface area contributed by atoms with Crippen molar-refractivity contribution < 1.29 is 9.50 Å². The Morgan fingerprint density at radius 2 is 2.32 bits per heavy atom. The van der Waals surface area contributed by atoms with Crippen molar-refractivity contribution in [1.29, 1.82) is 0 Å². The molecular weight excluding hydrogens is 247 g/mol. The van der Waals surface area contributed by atoms with Crippen molar-refractivity contribution in [3.05, 3.63) is 47.8 Å². The Labute approximate surface area is 111 Å². The summed E-state index contributed by atoms with van der Waals surface area (Å²) in [6.07, 6.45) is 1.67. The molecule has 6 heteroatoms. The van der Waals surface area contributed by atoms with Crippen LogP contribution in [0.25, 0.3) is 0 Å². The van der Waals surface area contributed by atoms with Crippen LogP contribution in [0, 0.1) is 5.82 Å². The smallest absolute Gasteiger partial charge is 0.133 e. The quantitative estimate of drug-likeness (QED) is 0.758. The van der Waals surface area contributed by atoms with E-state index in [1.807, 2.05) is 11.6 Å². The van der Waals surface area contributed by atoms with Crippen LogP contribution in [0.3, 0.4) is 0 Å².